The topological polar surface area (TPSA) is 59.2 Å². The summed E-state index contributed by atoms with van der Waals surface area (Å²) in [6.07, 6.45) is 5.34. The standard InChI is InChI=1S/C17H20FN3O2/c18-14-7-5-6-13(12-14)17-19-15(23-20-17)8-9-16(22)21-10-3-1-2-4-11-21/h5-7,12H,1-4,8-11H2. The minimum Gasteiger partial charge on any atom is -0.343 e. The predicted octanol–water partition coefficient (Wildman–Crippen LogP) is 3.21. The summed E-state index contributed by atoms with van der Waals surface area (Å²) in [5.74, 6) is 0.553. The summed E-state index contributed by atoms with van der Waals surface area (Å²) in [4.78, 5) is 18.4. The first-order valence-corrected chi connectivity index (χ1v) is 8.09. The first-order chi connectivity index (χ1) is 11.2. The lowest BCUT2D eigenvalue weighted by molar-refractivity contribution is -0.131. The Bertz CT molecular complexity index is 663. The van der Waals surface area contributed by atoms with Gasteiger partial charge in [0.2, 0.25) is 17.6 Å². The molecule has 2 heterocycles. The molecule has 0 spiro atoms. The number of carbonyl (C=O) groups excluding carboxylic acids is 1. The molecule has 0 unspecified atom stereocenters. The third-order valence-electron chi connectivity index (χ3n) is 4.06. The van der Waals surface area contributed by atoms with Crippen LogP contribution in [-0.2, 0) is 11.2 Å². The quantitative estimate of drug-likeness (QED) is 0.869. The summed E-state index contributed by atoms with van der Waals surface area (Å²) in [6, 6.07) is 6.05. The average Bonchev–Trinajstić information content (AvgIpc) is 2.86. The first kappa shape index (κ1) is 15.6. The fraction of sp³-hybridized carbons (Fsp3) is 0.471. The van der Waals surface area contributed by atoms with Gasteiger partial charge in [-0.1, -0.05) is 30.1 Å². The number of aromatic nitrogens is 2. The van der Waals surface area contributed by atoms with Gasteiger partial charge in [0.1, 0.15) is 5.82 Å². The van der Waals surface area contributed by atoms with Crippen LogP contribution in [0.4, 0.5) is 4.39 Å². The number of aryl methyl sites for hydroxylation is 1. The molecule has 0 N–H and O–H groups in total. The van der Waals surface area contributed by atoms with Gasteiger partial charge in [-0.25, -0.2) is 4.39 Å². The van der Waals surface area contributed by atoms with E-state index in [1.807, 2.05) is 4.90 Å². The molecular formula is C17H20FN3O2. The number of likely N-dealkylation sites (tertiary alicyclic amines) is 1. The number of rotatable bonds is 4. The second-order valence-electron chi connectivity index (χ2n) is 5.82. The van der Waals surface area contributed by atoms with Crippen molar-refractivity contribution in [2.45, 2.75) is 38.5 Å². The van der Waals surface area contributed by atoms with E-state index in [0.29, 0.717) is 30.1 Å². The number of benzene rings is 1. The molecule has 1 aliphatic heterocycles. The van der Waals surface area contributed by atoms with Crippen molar-refractivity contribution in [2.24, 2.45) is 0 Å². The van der Waals surface area contributed by atoms with Gasteiger partial charge >= 0.3 is 0 Å². The van der Waals surface area contributed by atoms with Crippen LogP contribution in [0.2, 0.25) is 0 Å². The Balaban J connectivity index is 1.57. The SMILES string of the molecule is O=C(CCc1nc(-c2cccc(F)c2)no1)N1CCCCCC1. The zero-order chi connectivity index (χ0) is 16.1. The van der Waals surface area contributed by atoms with Crippen LogP contribution < -0.4 is 0 Å². The lowest BCUT2D eigenvalue weighted by Crippen LogP contribution is -2.31. The Morgan fingerprint density at radius 1 is 1.22 bits per heavy atom. The summed E-state index contributed by atoms with van der Waals surface area (Å²) >= 11 is 0. The lowest BCUT2D eigenvalue weighted by atomic mass is 10.2. The fourth-order valence-electron chi connectivity index (χ4n) is 2.79. The maximum absolute atomic E-state index is 13.2. The van der Waals surface area contributed by atoms with Crippen LogP contribution >= 0.6 is 0 Å². The molecule has 6 heteroatoms. The molecule has 2 aromatic rings. The normalized spacial score (nSPS) is 15.4. The molecule has 1 aliphatic rings. The van der Waals surface area contributed by atoms with Gasteiger partial charge < -0.3 is 9.42 Å². The molecule has 3 rings (SSSR count). The molecule has 0 aliphatic carbocycles. The molecule has 1 aromatic heterocycles. The second kappa shape index (κ2) is 7.35. The van der Waals surface area contributed by atoms with Crippen LogP contribution in [0.15, 0.2) is 28.8 Å². The van der Waals surface area contributed by atoms with Crippen LogP contribution in [0.5, 0.6) is 0 Å². The van der Waals surface area contributed by atoms with Crippen LogP contribution in [0.1, 0.15) is 38.0 Å². The largest absolute Gasteiger partial charge is 0.343 e. The van der Waals surface area contributed by atoms with Gasteiger partial charge in [0, 0.05) is 31.5 Å². The Labute approximate surface area is 134 Å². The minimum absolute atomic E-state index is 0.136. The number of nitrogens with zero attached hydrogens (tertiary/aromatic N) is 3. The van der Waals surface area contributed by atoms with Crippen molar-refractivity contribution in [1.29, 1.82) is 0 Å². The van der Waals surface area contributed by atoms with Crippen molar-refractivity contribution in [3.8, 4) is 11.4 Å². The van der Waals surface area contributed by atoms with Gasteiger partial charge in [-0.05, 0) is 25.0 Å². The number of halogens is 1. The zero-order valence-corrected chi connectivity index (χ0v) is 13.0. The zero-order valence-electron chi connectivity index (χ0n) is 13.0. The van der Waals surface area contributed by atoms with Crippen molar-refractivity contribution in [1.82, 2.24) is 15.0 Å². The van der Waals surface area contributed by atoms with E-state index in [1.54, 1.807) is 12.1 Å². The molecule has 5 nitrogen and oxygen atoms in total. The van der Waals surface area contributed by atoms with Gasteiger partial charge in [0.05, 0.1) is 0 Å². The van der Waals surface area contributed by atoms with E-state index in [2.05, 4.69) is 10.1 Å². The highest BCUT2D eigenvalue weighted by molar-refractivity contribution is 5.76. The van der Waals surface area contributed by atoms with Crippen LogP contribution in [0.25, 0.3) is 11.4 Å². The highest BCUT2D eigenvalue weighted by Crippen LogP contribution is 2.17. The molecule has 0 atom stereocenters. The lowest BCUT2D eigenvalue weighted by Gasteiger charge is -2.19. The molecular weight excluding hydrogens is 297 g/mol. The average molecular weight is 317 g/mol. The molecule has 122 valence electrons. The van der Waals surface area contributed by atoms with Crippen LogP contribution in [0, 0.1) is 5.82 Å². The van der Waals surface area contributed by atoms with Gasteiger partial charge in [-0.3, -0.25) is 4.79 Å². The van der Waals surface area contributed by atoms with Gasteiger partial charge in [0.15, 0.2) is 0 Å². The van der Waals surface area contributed by atoms with Gasteiger partial charge in [-0.15, -0.1) is 0 Å². The molecule has 0 saturated carbocycles. The van der Waals surface area contributed by atoms with Crippen LogP contribution in [0.3, 0.4) is 0 Å². The summed E-state index contributed by atoms with van der Waals surface area (Å²) in [7, 11) is 0. The molecule has 1 aromatic carbocycles. The Morgan fingerprint density at radius 3 is 2.74 bits per heavy atom. The van der Waals surface area contributed by atoms with E-state index in [4.69, 9.17) is 4.52 Å². The number of amides is 1. The second-order valence-corrected chi connectivity index (χ2v) is 5.82. The van der Waals surface area contributed by atoms with E-state index in [9.17, 15) is 9.18 Å². The highest BCUT2D eigenvalue weighted by atomic mass is 19.1. The van der Waals surface area contributed by atoms with Crippen molar-refractivity contribution < 1.29 is 13.7 Å². The van der Waals surface area contributed by atoms with Crippen molar-refractivity contribution >= 4 is 5.91 Å². The third-order valence-corrected chi connectivity index (χ3v) is 4.06. The van der Waals surface area contributed by atoms with Crippen molar-refractivity contribution in [3.05, 3.63) is 36.0 Å². The third kappa shape index (κ3) is 4.15. The van der Waals surface area contributed by atoms with Crippen molar-refractivity contribution in [3.63, 3.8) is 0 Å². The van der Waals surface area contributed by atoms with E-state index in [0.717, 1.165) is 25.9 Å². The molecule has 23 heavy (non-hydrogen) atoms. The summed E-state index contributed by atoms with van der Waals surface area (Å²) < 4.78 is 18.4. The smallest absolute Gasteiger partial charge is 0.227 e. The highest BCUT2D eigenvalue weighted by Gasteiger charge is 2.17. The van der Waals surface area contributed by atoms with E-state index >= 15 is 0 Å². The molecule has 1 amide bonds. The molecule has 0 radical (unpaired) electrons. The number of hydrogen-bond acceptors (Lipinski definition) is 4. The number of carbonyl (C=O) groups is 1. The summed E-state index contributed by atoms with van der Waals surface area (Å²) in [6.45, 7) is 1.69. The Hall–Kier alpha value is -2.24. The molecule has 1 saturated heterocycles. The van der Waals surface area contributed by atoms with E-state index in [1.165, 1.54) is 25.0 Å². The van der Waals surface area contributed by atoms with E-state index in [-0.39, 0.29) is 11.7 Å². The maximum atomic E-state index is 13.2. The first-order valence-electron chi connectivity index (χ1n) is 8.09. The monoisotopic (exact) mass is 317 g/mol. The summed E-state index contributed by atoms with van der Waals surface area (Å²) in [5.41, 5.74) is 0.568. The minimum atomic E-state index is -0.342. The predicted molar refractivity (Wildman–Crippen MR) is 83.1 cm³/mol. The van der Waals surface area contributed by atoms with Crippen LogP contribution in [-0.4, -0.2) is 34.0 Å². The molecule has 0 bridgehead atoms. The van der Waals surface area contributed by atoms with Gasteiger partial charge in [-0.2, -0.15) is 4.98 Å². The molecule has 1 fully saturated rings. The Kier molecular flexibility index (Phi) is 5.00. The Morgan fingerprint density at radius 2 is 2.00 bits per heavy atom. The van der Waals surface area contributed by atoms with Gasteiger partial charge in [0.25, 0.3) is 0 Å². The number of hydrogen-bond donors (Lipinski definition) is 0. The van der Waals surface area contributed by atoms with Crippen molar-refractivity contribution in [2.75, 3.05) is 13.1 Å². The summed E-state index contributed by atoms with van der Waals surface area (Å²) in [5, 5.41) is 3.86. The maximum Gasteiger partial charge on any atom is 0.227 e. The fourth-order valence-corrected chi connectivity index (χ4v) is 2.79. The van der Waals surface area contributed by atoms with E-state index < -0.39 is 0 Å².